The van der Waals surface area contributed by atoms with Crippen LogP contribution in [0.15, 0.2) is 29.2 Å². The normalized spacial score (nSPS) is 15.3. The van der Waals surface area contributed by atoms with Gasteiger partial charge in [0.15, 0.2) is 0 Å². The molecule has 0 bridgehead atoms. The fraction of sp³-hybridized carbons (Fsp3) is 0.417. The van der Waals surface area contributed by atoms with E-state index in [1.807, 2.05) is 30.5 Å². The zero-order valence-electron chi connectivity index (χ0n) is 9.32. The fourth-order valence-corrected chi connectivity index (χ4v) is 2.07. The summed E-state index contributed by atoms with van der Waals surface area (Å²) in [5.41, 5.74) is 0.851. The van der Waals surface area contributed by atoms with Crippen LogP contribution in [0, 0.1) is 0 Å². The zero-order valence-corrected chi connectivity index (χ0v) is 10.1. The number of carbonyl (C=O) groups is 1. The molecule has 1 aromatic carbocycles. The Kier molecular flexibility index (Phi) is 3.72. The van der Waals surface area contributed by atoms with Crippen molar-refractivity contribution in [1.82, 2.24) is 5.32 Å². The minimum Gasteiger partial charge on any atom is -0.335 e. The van der Waals surface area contributed by atoms with Crippen LogP contribution in [0.3, 0.4) is 0 Å². The summed E-state index contributed by atoms with van der Waals surface area (Å²) < 4.78 is 0. The quantitative estimate of drug-likeness (QED) is 0.792. The number of nitrogens with one attached hydrogen (secondary N) is 2. The number of thioether (sulfide) groups is 1. The first-order valence-electron chi connectivity index (χ1n) is 5.49. The van der Waals surface area contributed by atoms with Crippen molar-refractivity contribution in [2.75, 3.05) is 11.6 Å². The molecule has 3 nitrogen and oxygen atoms in total. The molecular weight excluding hydrogens is 220 g/mol. The molecule has 0 spiro atoms. The van der Waals surface area contributed by atoms with E-state index in [0.29, 0.717) is 6.04 Å². The van der Waals surface area contributed by atoms with Gasteiger partial charge in [0.1, 0.15) is 0 Å². The van der Waals surface area contributed by atoms with Crippen molar-refractivity contribution in [2.24, 2.45) is 0 Å². The lowest BCUT2D eigenvalue weighted by molar-refractivity contribution is 0.240. The SMILES string of the molecule is CSc1cccc(NC(=O)NC2CCC2)c1. The summed E-state index contributed by atoms with van der Waals surface area (Å²) in [4.78, 5) is 12.7. The molecule has 0 radical (unpaired) electrons. The van der Waals surface area contributed by atoms with Crippen molar-refractivity contribution in [3.63, 3.8) is 0 Å². The van der Waals surface area contributed by atoms with Crippen molar-refractivity contribution in [3.05, 3.63) is 24.3 Å². The van der Waals surface area contributed by atoms with E-state index in [0.717, 1.165) is 23.4 Å². The Balaban J connectivity index is 1.89. The molecule has 1 fully saturated rings. The summed E-state index contributed by atoms with van der Waals surface area (Å²) >= 11 is 1.67. The Morgan fingerprint density at radius 3 is 2.88 bits per heavy atom. The summed E-state index contributed by atoms with van der Waals surface area (Å²) in [6.45, 7) is 0. The summed E-state index contributed by atoms with van der Waals surface area (Å²) in [6, 6.07) is 8.14. The van der Waals surface area contributed by atoms with Gasteiger partial charge >= 0.3 is 6.03 Å². The van der Waals surface area contributed by atoms with E-state index in [9.17, 15) is 4.79 Å². The van der Waals surface area contributed by atoms with E-state index in [1.165, 1.54) is 6.42 Å². The Morgan fingerprint density at radius 2 is 2.25 bits per heavy atom. The highest BCUT2D eigenvalue weighted by molar-refractivity contribution is 7.98. The van der Waals surface area contributed by atoms with Crippen LogP contribution in [0.25, 0.3) is 0 Å². The summed E-state index contributed by atoms with van der Waals surface area (Å²) in [5, 5.41) is 5.80. The third-order valence-corrected chi connectivity index (χ3v) is 3.49. The van der Waals surface area contributed by atoms with Crippen LogP contribution in [-0.4, -0.2) is 18.3 Å². The lowest BCUT2D eigenvalue weighted by Crippen LogP contribution is -2.41. The maximum absolute atomic E-state index is 11.6. The molecule has 0 aromatic heterocycles. The van der Waals surface area contributed by atoms with Crippen LogP contribution in [0.5, 0.6) is 0 Å². The van der Waals surface area contributed by atoms with E-state index < -0.39 is 0 Å². The van der Waals surface area contributed by atoms with E-state index in [1.54, 1.807) is 11.8 Å². The first-order chi connectivity index (χ1) is 7.78. The monoisotopic (exact) mass is 236 g/mol. The van der Waals surface area contributed by atoms with Gasteiger partial charge in [-0.2, -0.15) is 0 Å². The number of hydrogen-bond donors (Lipinski definition) is 2. The van der Waals surface area contributed by atoms with Crippen molar-refractivity contribution < 1.29 is 4.79 Å². The predicted molar refractivity (Wildman–Crippen MR) is 68.0 cm³/mol. The van der Waals surface area contributed by atoms with Crippen LogP contribution in [0.2, 0.25) is 0 Å². The summed E-state index contributed by atoms with van der Waals surface area (Å²) in [7, 11) is 0. The lowest BCUT2D eigenvalue weighted by Gasteiger charge is -2.26. The molecule has 0 heterocycles. The van der Waals surface area contributed by atoms with Crippen molar-refractivity contribution >= 4 is 23.5 Å². The second-order valence-electron chi connectivity index (χ2n) is 3.96. The maximum Gasteiger partial charge on any atom is 0.319 e. The standard InChI is InChI=1S/C12H16N2OS/c1-16-11-7-3-6-10(8-11)14-12(15)13-9-4-2-5-9/h3,6-9H,2,4-5H2,1H3,(H2,13,14,15). The maximum atomic E-state index is 11.6. The van der Waals surface area contributed by atoms with Gasteiger partial charge in [0.25, 0.3) is 0 Å². The van der Waals surface area contributed by atoms with Crippen LogP contribution in [0.1, 0.15) is 19.3 Å². The number of hydrogen-bond acceptors (Lipinski definition) is 2. The van der Waals surface area contributed by atoms with Crippen LogP contribution in [0.4, 0.5) is 10.5 Å². The van der Waals surface area contributed by atoms with Gasteiger partial charge in [0.2, 0.25) is 0 Å². The number of urea groups is 1. The molecule has 2 N–H and O–H groups in total. The van der Waals surface area contributed by atoms with Crippen molar-refractivity contribution in [3.8, 4) is 0 Å². The highest BCUT2D eigenvalue weighted by Gasteiger charge is 2.19. The smallest absolute Gasteiger partial charge is 0.319 e. The number of amides is 2. The molecule has 1 aromatic rings. The fourth-order valence-electron chi connectivity index (χ4n) is 1.61. The number of rotatable bonds is 3. The van der Waals surface area contributed by atoms with Gasteiger partial charge in [-0.15, -0.1) is 11.8 Å². The average Bonchev–Trinajstić information content (AvgIpc) is 2.24. The van der Waals surface area contributed by atoms with Gasteiger partial charge in [-0.25, -0.2) is 4.79 Å². The van der Waals surface area contributed by atoms with Crippen LogP contribution in [-0.2, 0) is 0 Å². The van der Waals surface area contributed by atoms with Gasteiger partial charge < -0.3 is 10.6 Å². The van der Waals surface area contributed by atoms with E-state index >= 15 is 0 Å². The third kappa shape index (κ3) is 2.92. The number of anilines is 1. The highest BCUT2D eigenvalue weighted by Crippen LogP contribution is 2.20. The Labute approximate surface area is 100.0 Å². The second-order valence-corrected chi connectivity index (χ2v) is 4.84. The minimum atomic E-state index is -0.0945. The number of carbonyl (C=O) groups excluding carboxylic acids is 1. The predicted octanol–water partition coefficient (Wildman–Crippen LogP) is 3.08. The van der Waals surface area contributed by atoms with Crippen molar-refractivity contribution in [2.45, 2.75) is 30.2 Å². The largest absolute Gasteiger partial charge is 0.335 e. The van der Waals surface area contributed by atoms with E-state index in [4.69, 9.17) is 0 Å². The van der Waals surface area contributed by atoms with Gasteiger partial charge in [-0.05, 0) is 43.7 Å². The summed E-state index contributed by atoms with van der Waals surface area (Å²) in [6.07, 6.45) is 5.47. The second kappa shape index (κ2) is 5.25. The lowest BCUT2D eigenvalue weighted by atomic mass is 9.93. The van der Waals surface area contributed by atoms with Gasteiger partial charge in [-0.1, -0.05) is 6.07 Å². The molecule has 1 aliphatic rings. The Hall–Kier alpha value is -1.16. The first-order valence-corrected chi connectivity index (χ1v) is 6.72. The molecule has 0 atom stereocenters. The third-order valence-electron chi connectivity index (χ3n) is 2.77. The van der Waals surface area contributed by atoms with Crippen LogP contribution >= 0.6 is 11.8 Å². The molecule has 1 aliphatic carbocycles. The van der Waals surface area contributed by atoms with E-state index in [-0.39, 0.29) is 6.03 Å². The first kappa shape index (κ1) is 11.3. The molecule has 4 heteroatoms. The molecule has 2 rings (SSSR count). The van der Waals surface area contributed by atoms with Gasteiger partial charge in [-0.3, -0.25) is 0 Å². The van der Waals surface area contributed by atoms with Gasteiger partial charge in [0, 0.05) is 16.6 Å². The van der Waals surface area contributed by atoms with E-state index in [2.05, 4.69) is 10.6 Å². The molecule has 0 unspecified atom stereocenters. The Morgan fingerprint density at radius 1 is 1.44 bits per heavy atom. The minimum absolute atomic E-state index is 0.0945. The average molecular weight is 236 g/mol. The Bertz CT molecular complexity index is 377. The molecule has 0 aliphatic heterocycles. The van der Waals surface area contributed by atoms with Crippen molar-refractivity contribution in [1.29, 1.82) is 0 Å². The van der Waals surface area contributed by atoms with Gasteiger partial charge in [0.05, 0.1) is 0 Å². The highest BCUT2D eigenvalue weighted by atomic mass is 32.2. The zero-order chi connectivity index (χ0) is 11.4. The molecule has 0 saturated heterocycles. The molecular formula is C12H16N2OS. The topological polar surface area (TPSA) is 41.1 Å². The van der Waals surface area contributed by atoms with Crippen LogP contribution < -0.4 is 10.6 Å². The molecule has 2 amide bonds. The molecule has 16 heavy (non-hydrogen) atoms. The molecule has 1 saturated carbocycles. The summed E-state index contributed by atoms with van der Waals surface area (Å²) in [5.74, 6) is 0. The number of benzene rings is 1. The molecule has 86 valence electrons.